The monoisotopic (exact) mass is 939 g/mol. The van der Waals surface area contributed by atoms with E-state index in [4.69, 9.17) is 14.2 Å². The molecule has 0 saturated heterocycles. The Morgan fingerprint density at radius 1 is 0.313 bits per heavy atom. The largest absolute Gasteiger partial charge is 0.462 e. The van der Waals surface area contributed by atoms with Crippen LogP contribution in [0, 0.1) is 0 Å². The summed E-state index contributed by atoms with van der Waals surface area (Å²) in [5.74, 6) is -0.958. The van der Waals surface area contributed by atoms with Gasteiger partial charge in [0.1, 0.15) is 13.2 Å². The molecule has 0 aromatic rings. The highest BCUT2D eigenvalue weighted by Gasteiger charge is 2.19. The van der Waals surface area contributed by atoms with E-state index in [-0.39, 0.29) is 37.5 Å². The first-order valence-corrected chi connectivity index (χ1v) is 29.1. The maximum atomic E-state index is 12.9. The Kier molecular flexibility index (Phi) is 53.8. The highest BCUT2D eigenvalue weighted by atomic mass is 16.6. The predicted octanol–water partition coefficient (Wildman–Crippen LogP) is 19.4. The summed E-state index contributed by atoms with van der Waals surface area (Å²) in [5.41, 5.74) is 0. The van der Waals surface area contributed by atoms with E-state index in [1.165, 1.54) is 193 Å². The van der Waals surface area contributed by atoms with Gasteiger partial charge in [0.25, 0.3) is 0 Å². The molecule has 0 fully saturated rings. The number of carbonyl (C=O) groups is 3. The van der Waals surface area contributed by atoms with E-state index in [2.05, 4.69) is 63.3 Å². The fourth-order valence-corrected chi connectivity index (χ4v) is 8.52. The molecule has 0 saturated carbocycles. The fraction of sp³-hybridized carbons (Fsp3) is 0.820. The van der Waals surface area contributed by atoms with Crippen molar-refractivity contribution in [2.45, 2.75) is 309 Å². The van der Waals surface area contributed by atoms with Crippen LogP contribution in [0.2, 0.25) is 0 Å². The molecule has 0 radical (unpaired) electrons. The summed E-state index contributed by atoms with van der Waals surface area (Å²) in [6.45, 7) is 6.51. The van der Waals surface area contributed by atoms with Crippen molar-refractivity contribution in [2.75, 3.05) is 13.2 Å². The number of esters is 3. The number of rotatable bonds is 53. The van der Waals surface area contributed by atoms with Gasteiger partial charge in [0.2, 0.25) is 0 Å². The van der Waals surface area contributed by atoms with Crippen LogP contribution in [0.4, 0.5) is 0 Å². The first kappa shape index (κ1) is 64.4. The maximum absolute atomic E-state index is 12.9. The highest BCUT2D eigenvalue weighted by molar-refractivity contribution is 5.71. The zero-order valence-electron chi connectivity index (χ0n) is 44.7. The minimum atomic E-state index is -0.798. The summed E-state index contributed by atoms with van der Waals surface area (Å²) < 4.78 is 16.8. The standard InChI is InChI=1S/C61H110O6/c1-4-7-10-13-16-19-22-25-27-29-31-33-36-39-42-45-48-51-54-60(63)66-57-58(56-65-59(62)53-50-47-44-41-38-35-24-21-18-15-12-9-6-3)67-61(64)55-52-49-46-43-40-37-34-32-30-28-26-23-20-17-14-11-8-5-2/h9,12,18,21,35,38,44,47,58H,4-8,10-11,13-17,19-20,22-34,36-37,39-43,45-46,48-57H2,1-3H3/b12-9-,21-18-,38-35-,47-44-. The van der Waals surface area contributed by atoms with Crippen LogP contribution in [0.5, 0.6) is 0 Å². The minimum absolute atomic E-state index is 0.0904. The Bertz CT molecular complexity index is 1170. The van der Waals surface area contributed by atoms with Crippen molar-refractivity contribution in [2.24, 2.45) is 0 Å². The van der Waals surface area contributed by atoms with Crippen LogP contribution in [0.25, 0.3) is 0 Å². The Morgan fingerprint density at radius 3 is 0.910 bits per heavy atom. The summed E-state index contributed by atoms with van der Waals surface area (Å²) in [6, 6.07) is 0. The van der Waals surface area contributed by atoms with Crippen LogP contribution in [-0.4, -0.2) is 37.2 Å². The molecule has 6 nitrogen and oxygen atoms in total. The van der Waals surface area contributed by atoms with Gasteiger partial charge in [0.05, 0.1) is 0 Å². The van der Waals surface area contributed by atoms with Crippen LogP contribution >= 0.6 is 0 Å². The third-order valence-corrected chi connectivity index (χ3v) is 12.9. The third kappa shape index (κ3) is 54.2. The van der Waals surface area contributed by atoms with Gasteiger partial charge < -0.3 is 14.2 Å². The normalized spacial score (nSPS) is 12.3. The molecule has 1 unspecified atom stereocenters. The second-order valence-electron chi connectivity index (χ2n) is 19.5. The molecule has 6 heteroatoms. The summed E-state index contributed by atoms with van der Waals surface area (Å²) in [7, 11) is 0. The molecule has 67 heavy (non-hydrogen) atoms. The van der Waals surface area contributed by atoms with Gasteiger partial charge >= 0.3 is 17.9 Å². The van der Waals surface area contributed by atoms with Crippen LogP contribution in [-0.2, 0) is 28.6 Å². The second-order valence-corrected chi connectivity index (χ2v) is 19.5. The van der Waals surface area contributed by atoms with Gasteiger partial charge in [-0.3, -0.25) is 14.4 Å². The van der Waals surface area contributed by atoms with Crippen molar-refractivity contribution < 1.29 is 28.6 Å². The molecule has 0 heterocycles. The van der Waals surface area contributed by atoms with E-state index in [9.17, 15) is 14.4 Å². The van der Waals surface area contributed by atoms with Crippen molar-refractivity contribution in [3.63, 3.8) is 0 Å². The summed E-state index contributed by atoms with van der Waals surface area (Å²) in [6.07, 6.45) is 68.4. The Hall–Kier alpha value is -2.63. The zero-order chi connectivity index (χ0) is 48.6. The van der Waals surface area contributed by atoms with E-state index in [1.807, 2.05) is 6.08 Å². The summed E-state index contributed by atoms with van der Waals surface area (Å²) >= 11 is 0. The summed E-state index contributed by atoms with van der Waals surface area (Å²) in [5, 5.41) is 0. The van der Waals surface area contributed by atoms with Gasteiger partial charge in [-0.15, -0.1) is 0 Å². The molecular formula is C61H110O6. The molecule has 0 aliphatic carbocycles. The molecular weight excluding hydrogens is 829 g/mol. The molecule has 1 atom stereocenters. The lowest BCUT2D eigenvalue weighted by Gasteiger charge is -2.18. The highest BCUT2D eigenvalue weighted by Crippen LogP contribution is 2.17. The average Bonchev–Trinajstić information content (AvgIpc) is 3.33. The Balaban J connectivity index is 4.36. The molecule has 390 valence electrons. The van der Waals surface area contributed by atoms with E-state index in [1.54, 1.807) is 0 Å². The van der Waals surface area contributed by atoms with Crippen molar-refractivity contribution in [3.05, 3.63) is 48.6 Å². The van der Waals surface area contributed by atoms with Crippen molar-refractivity contribution >= 4 is 17.9 Å². The van der Waals surface area contributed by atoms with E-state index in [0.29, 0.717) is 19.3 Å². The van der Waals surface area contributed by atoms with Gasteiger partial charge in [-0.1, -0.05) is 288 Å². The van der Waals surface area contributed by atoms with Gasteiger partial charge in [0, 0.05) is 19.3 Å². The van der Waals surface area contributed by atoms with Crippen LogP contribution in [0.3, 0.4) is 0 Å². The fourth-order valence-electron chi connectivity index (χ4n) is 8.52. The third-order valence-electron chi connectivity index (χ3n) is 12.9. The van der Waals surface area contributed by atoms with E-state index >= 15 is 0 Å². The molecule has 0 aliphatic heterocycles. The quantitative estimate of drug-likeness (QED) is 0.0262. The zero-order valence-corrected chi connectivity index (χ0v) is 44.7. The molecule has 0 N–H and O–H groups in total. The van der Waals surface area contributed by atoms with Gasteiger partial charge in [-0.2, -0.15) is 0 Å². The lowest BCUT2D eigenvalue weighted by molar-refractivity contribution is -0.166. The minimum Gasteiger partial charge on any atom is -0.462 e. The van der Waals surface area contributed by atoms with Crippen molar-refractivity contribution in [1.29, 1.82) is 0 Å². The average molecular weight is 940 g/mol. The first-order valence-electron chi connectivity index (χ1n) is 29.1. The number of ether oxygens (including phenoxy) is 3. The Morgan fingerprint density at radius 2 is 0.582 bits per heavy atom. The topological polar surface area (TPSA) is 78.9 Å². The Labute approximate surface area is 416 Å². The van der Waals surface area contributed by atoms with Crippen molar-refractivity contribution in [1.82, 2.24) is 0 Å². The molecule has 0 spiro atoms. The SMILES string of the molecule is CC/C=C\C/C=C\C/C=C\C/C=C\CCC(=O)OCC(COC(=O)CCCCCCCCCCCCCCCCCCCC)OC(=O)CCCCCCCCCCCCCCCCCCCC. The lowest BCUT2D eigenvalue weighted by atomic mass is 10.0. The molecule has 0 aromatic carbocycles. The van der Waals surface area contributed by atoms with E-state index < -0.39 is 6.10 Å². The first-order chi connectivity index (χ1) is 33.0. The predicted molar refractivity (Wildman–Crippen MR) is 289 cm³/mol. The number of carbonyl (C=O) groups excluding carboxylic acids is 3. The second kappa shape index (κ2) is 56.0. The molecule has 0 rings (SSSR count). The number of allylic oxidation sites excluding steroid dienone is 8. The molecule has 0 amide bonds. The molecule has 0 aromatic heterocycles. The molecule has 0 bridgehead atoms. The van der Waals surface area contributed by atoms with Gasteiger partial charge in [-0.05, 0) is 44.9 Å². The van der Waals surface area contributed by atoms with Crippen LogP contribution < -0.4 is 0 Å². The smallest absolute Gasteiger partial charge is 0.306 e. The number of hydrogen-bond acceptors (Lipinski definition) is 6. The lowest BCUT2D eigenvalue weighted by Crippen LogP contribution is -2.30. The van der Waals surface area contributed by atoms with Gasteiger partial charge in [0.15, 0.2) is 6.10 Å². The van der Waals surface area contributed by atoms with Gasteiger partial charge in [-0.25, -0.2) is 0 Å². The van der Waals surface area contributed by atoms with Crippen LogP contribution in [0.15, 0.2) is 48.6 Å². The summed E-state index contributed by atoms with van der Waals surface area (Å²) in [4.78, 5) is 38.1. The molecule has 0 aliphatic rings. The number of unbranched alkanes of at least 4 members (excludes halogenated alkanes) is 34. The van der Waals surface area contributed by atoms with E-state index in [0.717, 1.165) is 64.2 Å². The van der Waals surface area contributed by atoms with Crippen LogP contribution in [0.1, 0.15) is 303 Å². The maximum Gasteiger partial charge on any atom is 0.306 e. The number of hydrogen-bond donors (Lipinski definition) is 0. The van der Waals surface area contributed by atoms with Crippen molar-refractivity contribution in [3.8, 4) is 0 Å².